The Balaban J connectivity index is 1.78. The molecule has 1 N–H and O–H groups in total. The number of H-pyrrole nitrogens is 1. The summed E-state index contributed by atoms with van der Waals surface area (Å²) < 4.78 is 0. The Morgan fingerprint density at radius 2 is 2.00 bits per heavy atom. The van der Waals surface area contributed by atoms with Crippen molar-refractivity contribution in [1.29, 1.82) is 0 Å². The minimum Gasteiger partial charge on any atom is -0.345 e. The van der Waals surface area contributed by atoms with Crippen molar-refractivity contribution in [2.24, 2.45) is 0 Å². The summed E-state index contributed by atoms with van der Waals surface area (Å²) >= 11 is 0. The first-order chi connectivity index (χ1) is 11.2. The van der Waals surface area contributed by atoms with E-state index in [-0.39, 0.29) is 6.04 Å². The summed E-state index contributed by atoms with van der Waals surface area (Å²) in [6.07, 6.45) is 6.45. The maximum Gasteiger partial charge on any atom is 0.225 e. The van der Waals surface area contributed by atoms with Gasteiger partial charge in [0.1, 0.15) is 0 Å². The van der Waals surface area contributed by atoms with Crippen molar-refractivity contribution in [3.63, 3.8) is 0 Å². The van der Waals surface area contributed by atoms with Gasteiger partial charge >= 0.3 is 0 Å². The lowest BCUT2D eigenvalue weighted by molar-refractivity contribution is 0.276. The molecule has 0 bridgehead atoms. The number of aromatic nitrogens is 4. The standard InChI is InChI=1S/C17H20N6/c1-22(2)15-6-9-23(17-18-7-3-8-19-17)16(15)12-4-5-13-14(10-12)21-11-20-13/h3-5,7-8,10-11,15-16H,6,9H2,1-2H3,(H,20,21). The van der Waals surface area contributed by atoms with Crippen molar-refractivity contribution in [1.82, 2.24) is 24.8 Å². The van der Waals surface area contributed by atoms with Crippen molar-refractivity contribution >= 4 is 17.0 Å². The number of rotatable bonds is 3. The highest BCUT2D eigenvalue weighted by Crippen LogP contribution is 2.37. The summed E-state index contributed by atoms with van der Waals surface area (Å²) in [7, 11) is 4.28. The van der Waals surface area contributed by atoms with Crippen LogP contribution in [0.15, 0.2) is 43.0 Å². The summed E-state index contributed by atoms with van der Waals surface area (Å²) in [6.45, 7) is 0.957. The van der Waals surface area contributed by atoms with Gasteiger partial charge in [-0.05, 0) is 44.3 Å². The Morgan fingerprint density at radius 1 is 1.17 bits per heavy atom. The van der Waals surface area contributed by atoms with E-state index in [9.17, 15) is 0 Å². The zero-order valence-electron chi connectivity index (χ0n) is 13.3. The summed E-state index contributed by atoms with van der Waals surface area (Å²) in [5.74, 6) is 0.798. The summed E-state index contributed by atoms with van der Waals surface area (Å²) in [5.41, 5.74) is 3.34. The quantitative estimate of drug-likeness (QED) is 0.804. The van der Waals surface area contributed by atoms with Crippen LogP contribution < -0.4 is 4.90 Å². The van der Waals surface area contributed by atoms with Crippen LogP contribution in [0.25, 0.3) is 11.0 Å². The largest absolute Gasteiger partial charge is 0.345 e. The first-order valence-corrected chi connectivity index (χ1v) is 7.87. The van der Waals surface area contributed by atoms with Crippen LogP contribution in [0, 0.1) is 0 Å². The van der Waals surface area contributed by atoms with Gasteiger partial charge in [0, 0.05) is 25.0 Å². The fourth-order valence-corrected chi connectivity index (χ4v) is 3.52. The van der Waals surface area contributed by atoms with Crippen molar-refractivity contribution in [3.8, 4) is 0 Å². The van der Waals surface area contributed by atoms with Gasteiger partial charge in [0.25, 0.3) is 0 Å². The number of fused-ring (bicyclic) bond motifs is 1. The van der Waals surface area contributed by atoms with E-state index in [0.29, 0.717) is 6.04 Å². The molecule has 4 rings (SSSR count). The fourth-order valence-electron chi connectivity index (χ4n) is 3.52. The molecule has 1 aromatic carbocycles. The average Bonchev–Trinajstić information content (AvgIpc) is 3.21. The highest BCUT2D eigenvalue weighted by atomic mass is 15.3. The van der Waals surface area contributed by atoms with Crippen molar-refractivity contribution < 1.29 is 0 Å². The van der Waals surface area contributed by atoms with Crippen molar-refractivity contribution in [3.05, 3.63) is 48.5 Å². The molecule has 2 unspecified atom stereocenters. The molecule has 2 atom stereocenters. The molecule has 6 heteroatoms. The van der Waals surface area contributed by atoms with Gasteiger partial charge in [-0.3, -0.25) is 0 Å². The molecular weight excluding hydrogens is 288 g/mol. The highest BCUT2D eigenvalue weighted by molar-refractivity contribution is 5.75. The monoisotopic (exact) mass is 308 g/mol. The van der Waals surface area contributed by atoms with Crippen LogP contribution >= 0.6 is 0 Å². The van der Waals surface area contributed by atoms with Crippen LogP contribution in [0.2, 0.25) is 0 Å². The van der Waals surface area contributed by atoms with Crippen LogP contribution in [0.4, 0.5) is 5.95 Å². The van der Waals surface area contributed by atoms with Gasteiger partial charge < -0.3 is 14.8 Å². The average molecular weight is 308 g/mol. The zero-order valence-corrected chi connectivity index (χ0v) is 13.3. The van der Waals surface area contributed by atoms with E-state index in [2.05, 4.69) is 62.0 Å². The predicted molar refractivity (Wildman–Crippen MR) is 90.3 cm³/mol. The van der Waals surface area contributed by atoms with Crippen molar-refractivity contribution in [2.45, 2.75) is 18.5 Å². The van der Waals surface area contributed by atoms with E-state index >= 15 is 0 Å². The number of benzene rings is 1. The van der Waals surface area contributed by atoms with Crippen LogP contribution in [0.3, 0.4) is 0 Å². The molecule has 3 aromatic rings. The normalized spacial score (nSPS) is 21.4. The molecule has 23 heavy (non-hydrogen) atoms. The molecule has 2 aromatic heterocycles. The second-order valence-electron chi connectivity index (χ2n) is 6.19. The first kappa shape index (κ1) is 14.1. The van der Waals surface area contributed by atoms with E-state index < -0.39 is 0 Å². The second-order valence-corrected chi connectivity index (χ2v) is 6.19. The number of anilines is 1. The molecule has 118 valence electrons. The summed E-state index contributed by atoms with van der Waals surface area (Å²) in [4.78, 5) is 21.0. The SMILES string of the molecule is CN(C)C1CCN(c2ncccn2)C1c1ccc2nc[nH]c2c1. The number of nitrogens with one attached hydrogen (secondary N) is 1. The number of imidazole rings is 1. The molecule has 3 heterocycles. The Morgan fingerprint density at radius 3 is 2.78 bits per heavy atom. The van der Waals surface area contributed by atoms with E-state index in [1.807, 2.05) is 6.07 Å². The number of nitrogens with zero attached hydrogens (tertiary/aromatic N) is 5. The lowest BCUT2D eigenvalue weighted by Gasteiger charge is -2.31. The molecule has 0 saturated carbocycles. The number of likely N-dealkylation sites (N-methyl/N-ethyl adjacent to an activating group) is 1. The Kier molecular flexibility index (Phi) is 3.46. The summed E-state index contributed by atoms with van der Waals surface area (Å²) in [6, 6.07) is 8.97. The lowest BCUT2D eigenvalue weighted by Crippen LogP contribution is -2.36. The molecule has 1 aliphatic heterocycles. The minimum absolute atomic E-state index is 0.236. The molecule has 1 fully saturated rings. The molecule has 0 spiro atoms. The van der Waals surface area contributed by atoms with Crippen LogP contribution in [0.1, 0.15) is 18.0 Å². The van der Waals surface area contributed by atoms with Crippen LogP contribution in [-0.4, -0.2) is 51.5 Å². The third-order valence-electron chi connectivity index (χ3n) is 4.62. The first-order valence-electron chi connectivity index (χ1n) is 7.87. The molecule has 0 aliphatic carbocycles. The summed E-state index contributed by atoms with van der Waals surface area (Å²) in [5, 5.41) is 0. The third-order valence-corrected chi connectivity index (χ3v) is 4.62. The van der Waals surface area contributed by atoms with Crippen molar-refractivity contribution in [2.75, 3.05) is 25.5 Å². The number of hydrogen-bond acceptors (Lipinski definition) is 5. The number of hydrogen-bond donors (Lipinski definition) is 1. The van der Waals surface area contributed by atoms with Gasteiger partial charge in [-0.1, -0.05) is 6.07 Å². The van der Waals surface area contributed by atoms with Gasteiger partial charge in [0.2, 0.25) is 5.95 Å². The van der Waals surface area contributed by atoms with Gasteiger partial charge in [-0.15, -0.1) is 0 Å². The zero-order chi connectivity index (χ0) is 15.8. The third kappa shape index (κ3) is 2.45. The van der Waals surface area contributed by atoms with Crippen LogP contribution in [-0.2, 0) is 0 Å². The molecular formula is C17H20N6. The van der Waals surface area contributed by atoms with Gasteiger partial charge in [-0.25, -0.2) is 15.0 Å². The van der Waals surface area contributed by atoms with Gasteiger partial charge in [0.15, 0.2) is 0 Å². The fraction of sp³-hybridized carbons (Fsp3) is 0.353. The van der Waals surface area contributed by atoms with E-state index in [4.69, 9.17) is 0 Å². The molecule has 6 nitrogen and oxygen atoms in total. The number of aromatic amines is 1. The molecule has 1 saturated heterocycles. The van der Waals surface area contributed by atoms with E-state index in [0.717, 1.165) is 29.9 Å². The molecule has 0 amide bonds. The Hall–Kier alpha value is -2.47. The maximum absolute atomic E-state index is 4.46. The maximum atomic E-state index is 4.46. The Bertz CT molecular complexity index is 797. The predicted octanol–water partition coefficient (Wildman–Crippen LogP) is 2.23. The van der Waals surface area contributed by atoms with Gasteiger partial charge in [-0.2, -0.15) is 0 Å². The Labute approximate surface area is 135 Å². The molecule has 0 radical (unpaired) electrons. The lowest BCUT2D eigenvalue weighted by atomic mass is 9.99. The minimum atomic E-state index is 0.236. The molecule has 1 aliphatic rings. The highest BCUT2D eigenvalue weighted by Gasteiger charge is 2.38. The second kappa shape index (κ2) is 5.62. The topological polar surface area (TPSA) is 60.9 Å². The smallest absolute Gasteiger partial charge is 0.225 e. The van der Waals surface area contributed by atoms with E-state index in [1.165, 1.54) is 5.56 Å². The van der Waals surface area contributed by atoms with Crippen LogP contribution in [0.5, 0.6) is 0 Å². The van der Waals surface area contributed by atoms with Gasteiger partial charge in [0.05, 0.1) is 23.4 Å². The van der Waals surface area contributed by atoms with E-state index in [1.54, 1.807) is 18.7 Å².